The van der Waals surface area contributed by atoms with Gasteiger partial charge in [-0.2, -0.15) is 0 Å². The van der Waals surface area contributed by atoms with E-state index in [1.54, 1.807) is 19.1 Å². The molecule has 0 aromatic heterocycles. The zero-order chi connectivity index (χ0) is 12.8. The van der Waals surface area contributed by atoms with Gasteiger partial charge in [0.25, 0.3) is 0 Å². The molecule has 0 bridgehead atoms. The Morgan fingerprint density at radius 2 is 2.24 bits per heavy atom. The molecule has 0 saturated heterocycles. The van der Waals surface area contributed by atoms with Crippen LogP contribution in [0.25, 0.3) is 0 Å². The van der Waals surface area contributed by atoms with E-state index in [1.165, 1.54) is 6.07 Å². The van der Waals surface area contributed by atoms with Gasteiger partial charge in [0, 0.05) is 13.1 Å². The summed E-state index contributed by atoms with van der Waals surface area (Å²) in [5.41, 5.74) is 0.840. The number of amides is 1. The van der Waals surface area contributed by atoms with Crippen LogP contribution in [0.4, 0.5) is 4.39 Å². The zero-order valence-electron chi connectivity index (χ0n) is 9.89. The molecule has 1 atom stereocenters. The Balaban J connectivity index is 2.50. The van der Waals surface area contributed by atoms with Crippen LogP contribution < -0.4 is 10.6 Å². The topological polar surface area (TPSA) is 41.1 Å². The van der Waals surface area contributed by atoms with E-state index < -0.39 is 5.82 Å². The minimum atomic E-state index is -0.438. The summed E-state index contributed by atoms with van der Waals surface area (Å²) in [5.74, 6) is -0.493. The highest BCUT2D eigenvalue weighted by Crippen LogP contribution is 2.15. The normalized spacial score (nSPS) is 12.2. The molecule has 1 rings (SSSR count). The molecule has 5 heteroatoms. The predicted octanol–water partition coefficient (Wildman–Crippen LogP) is 2.09. The molecule has 1 aromatic carbocycles. The monoisotopic (exact) mass is 258 g/mol. The molecule has 0 radical (unpaired) electrons. The molecule has 0 heterocycles. The number of halogens is 2. The first-order valence-corrected chi connectivity index (χ1v) is 5.87. The molecule has 0 fully saturated rings. The first kappa shape index (κ1) is 13.9. The van der Waals surface area contributed by atoms with Crippen molar-refractivity contribution in [2.75, 3.05) is 6.54 Å². The summed E-state index contributed by atoms with van der Waals surface area (Å²) in [6.45, 7) is 4.71. The lowest BCUT2D eigenvalue weighted by Crippen LogP contribution is -2.41. The van der Waals surface area contributed by atoms with Crippen molar-refractivity contribution in [3.63, 3.8) is 0 Å². The smallest absolute Gasteiger partial charge is 0.236 e. The van der Waals surface area contributed by atoms with Crippen molar-refractivity contribution >= 4 is 17.5 Å². The van der Waals surface area contributed by atoms with Gasteiger partial charge in [-0.1, -0.05) is 17.7 Å². The lowest BCUT2D eigenvalue weighted by atomic mass is 10.2. The molecule has 17 heavy (non-hydrogen) atoms. The highest BCUT2D eigenvalue weighted by atomic mass is 35.5. The average molecular weight is 259 g/mol. The Labute approximate surface area is 105 Å². The van der Waals surface area contributed by atoms with E-state index in [-0.39, 0.29) is 17.0 Å². The molecule has 2 N–H and O–H groups in total. The van der Waals surface area contributed by atoms with Crippen molar-refractivity contribution in [2.45, 2.75) is 26.4 Å². The molecule has 94 valence electrons. The maximum Gasteiger partial charge on any atom is 0.236 e. The van der Waals surface area contributed by atoms with E-state index in [2.05, 4.69) is 10.6 Å². The standard InChI is InChI=1S/C12H16ClFN2O/c1-3-15-12(17)8(2)16-7-9-4-5-11(14)10(13)6-9/h4-6,8,16H,3,7H2,1-2H3,(H,15,17). The number of hydrogen-bond donors (Lipinski definition) is 2. The average Bonchev–Trinajstić information content (AvgIpc) is 2.30. The third kappa shape index (κ3) is 4.32. The fraction of sp³-hybridized carbons (Fsp3) is 0.417. The first-order valence-electron chi connectivity index (χ1n) is 5.49. The van der Waals surface area contributed by atoms with Gasteiger partial charge < -0.3 is 10.6 Å². The van der Waals surface area contributed by atoms with Crippen molar-refractivity contribution < 1.29 is 9.18 Å². The van der Waals surface area contributed by atoms with Crippen LogP contribution in [-0.4, -0.2) is 18.5 Å². The number of rotatable bonds is 5. The fourth-order valence-corrected chi connectivity index (χ4v) is 1.54. The number of benzene rings is 1. The molecule has 0 aliphatic carbocycles. The predicted molar refractivity (Wildman–Crippen MR) is 66.4 cm³/mol. The third-order valence-electron chi connectivity index (χ3n) is 2.34. The number of likely N-dealkylation sites (N-methyl/N-ethyl adjacent to an activating group) is 1. The molecule has 1 aromatic rings. The van der Waals surface area contributed by atoms with Crippen LogP contribution in [-0.2, 0) is 11.3 Å². The summed E-state index contributed by atoms with van der Waals surface area (Å²) >= 11 is 5.66. The van der Waals surface area contributed by atoms with E-state index in [0.717, 1.165) is 5.56 Å². The maximum absolute atomic E-state index is 12.9. The van der Waals surface area contributed by atoms with Gasteiger partial charge in [-0.25, -0.2) is 4.39 Å². The van der Waals surface area contributed by atoms with Gasteiger partial charge in [0.1, 0.15) is 5.82 Å². The molecule has 3 nitrogen and oxygen atoms in total. The SMILES string of the molecule is CCNC(=O)C(C)NCc1ccc(F)c(Cl)c1. The summed E-state index contributed by atoms with van der Waals surface area (Å²) in [5, 5.41) is 5.84. The molecule has 1 unspecified atom stereocenters. The van der Waals surface area contributed by atoms with Crippen molar-refractivity contribution in [2.24, 2.45) is 0 Å². The second-order valence-electron chi connectivity index (χ2n) is 3.75. The number of nitrogens with one attached hydrogen (secondary N) is 2. The van der Waals surface area contributed by atoms with Crippen molar-refractivity contribution in [1.82, 2.24) is 10.6 Å². The molecule has 1 amide bonds. The van der Waals surface area contributed by atoms with Crippen molar-refractivity contribution in [3.05, 3.63) is 34.6 Å². The van der Waals surface area contributed by atoms with Crippen LogP contribution in [0.5, 0.6) is 0 Å². The van der Waals surface area contributed by atoms with Gasteiger partial charge >= 0.3 is 0 Å². The molecular weight excluding hydrogens is 243 g/mol. The van der Waals surface area contributed by atoms with Crippen LogP contribution >= 0.6 is 11.6 Å². The van der Waals surface area contributed by atoms with Crippen molar-refractivity contribution in [3.8, 4) is 0 Å². The summed E-state index contributed by atoms with van der Waals surface area (Å²) in [4.78, 5) is 11.4. The van der Waals surface area contributed by atoms with Gasteiger partial charge in [0.2, 0.25) is 5.91 Å². The minimum Gasteiger partial charge on any atom is -0.355 e. The van der Waals surface area contributed by atoms with Gasteiger partial charge in [-0.05, 0) is 31.5 Å². The Hall–Kier alpha value is -1.13. The summed E-state index contributed by atoms with van der Waals surface area (Å²) in [7, 11) is 0. The van der Waals surface area contributed by atoms with Gasteiger partial charge in [0.15, 0.2) is 0 Å². The lowest BCUT2D eigenvalue weighted by molar-refractivity contribution is -0.122. The highest BCUT2D eigenvalue weighted by Gasteiger charge is 2.10. The van der Waals surface area contributed by atoms with Crippen LogP contribution in [0.3, 0.4) is 0 Å². The Morgan fingerprint density at radius 1 is 1.53 bits per heavy atom. The Kier molecular flexibility index (Phi) is 5.38. The quantitative estimate of drug-likeness (QED) is 0.849. The highest BCUT2D eigenvalue weighted by molar-refractivity contribution is 6.30. The zero-order valence-corrected chi connectivity index (χ0v) is 10.6. The van der Waals surface area contributed by atoms with E-state index in [1.807, 2.05) is 6.92 Å². The lowest BCUT2D eigenvalue weighted by Gasteiger charge is -2.13. The fourth-order valence-electron chi connectivity index (χ4n) is 1.34. The van der Waals surface area contributed by atoms with Crippen LogP contribution in [0, 0.1) is 5.82 Å². The molecule has 0 saturated carbocycles. The van der Waals surface area contributed by atoms with Crippen molar-refractivity contribution in [1.29, 1.82) is 0 Å². The van der Waals surface area contributed by atoms with E-state index in [9.17, 15) is 9.18 Å². The molecule has 0 aliphatic rings. The summed E-state index contributed by atoms with van der Waals surface area (Å²) < 4.78 is 12.9. The Morgan fingerprint density at radius 3 is 2.82 bits per heavy atom. The second-order valence-corrected chi connectivity index (χ2v) is 4.15. The van der Waals surface area contributed by atoms with E-state index >= 15 is 0 Å². The molecule has 0 spiro atoms. The summed E-state index contributed by atoms with van der Waals surface area (Å²) in [6, 6.07) is 4.21. The minimum absolute atomic E-state index is 0.0549. The number of carbonyl (C=O) groups excluding carboxylic acids is 1. The molecular formula is C12H16ClFN2O. The molecule has 0 aliphatic heterocycles. The summed E-state index contributed by atoms with van der Waals surface area (Å²) in [6.07, 6.45) is 0. The van der Waals surface area contributed by atoms with E-state index in [0.29, 0.717) is 13.1 Å². The van der Waals surface area contributed by atoms with Gasteiger partial charge in [-0.15, -0.1) is 0 Å². The number of hydrogen-bond acceptors (Lipinski definition) is 2. The van der Waals surface area contributed by atoms with Crippen LogP contribution in [0.1, 0.15) is 19.4 Å². The van der Waals surface area contributed by atoms with Crippen LogP contribution in [0.15, 0.2) is 18.2 Å². The Bertz CT molecular complexity index is 398. The van der Waals surface area contributed by atoms with Gasteiger partial charge in [-0.3, -0.25) is 4.79 Å². The third-order valence-corrected chi connectivity index (χ3v) is 2.63. The second kappa shape index (κ2) is 6.57. The van der Waals surface area contributed by atoms with E-state index in [4.69, 9.17) is 11.6 Å². The largest absolute Gasteiger partial charge is 0.355 e. The van der Waals surface area contributed by atoms with Crippen LogP contribution in [0.2, 0.25) is 5.02 Å². The maximum atomic E-state index is 12.9. The van der Waals surface area contributed by atoms with Gasteiger partial charge in [0.05, 0.1) is 11.1 Å². The first-order chi connectivity index (χ1) is 8.04. The number of carbonyl (C=O) groups is 1.